The zero-order valence-corrected chi connectivity index (χ0v) is 10.6. The minimum absolute atomic E-state index is 0.373. The standard InChI is InChI=1S/C11H20O6/c1-6-14-8(3)16-10(5)17-9(4)15-7(2)11(12)13/h8-10H,2,6H2,1,3-5H3,(H,12,13). The van der Waals surface area contributed by atoms with Crippen molar-refractivity contribution in [2.24, 2.45) is 0 Å². The summed E-state index contributed by atoms with van der Waals surface area (Å²) >= 11 is 0. The van der Waals surface area contributed by atoms with Crippen LogP contribution in [0.25, 0.3) is 0 Å². The summed E-state index contributed by atoms with van der Waals surface area (Å²) in [6.07, 6.45) is -1.74. The van der Waals surface area contributed by atoms with Crippen molar-refractivity contribution in [3.63, 3.8) is 0 Å². The van der Waals surface area contributed by atoms with Gasteiger partial charge in [0.2, 0.25) is 0 Å². The van der Waals surface area contributed by atoms with E-state index >= 15 is 0 Å². The van der Waals surface area contributed by atoms with Crippen molar-refractivity contribution in [3.05, 3.63) is 12.3 Å². The third-order valence-corrected chi connectivity index (χ3v) is 1.71. The number of hydrogen-bond donors (Lipinski definition) is 1. The van der Waals surface area contributed by atoms with Gasteiger partial charge in [-0.1, -0.05) is 0 Å². The van der Waals surface area contributed by atoms with E-state index in [2.05, 4.69) is 6.58 Å². The molecule has 0 aliphatic heterocycles. The molecule has 0 saturated heterocycles. The highest BCUT2D eigenvalue weighted by molar-refractivity contribution is 5.83. The lowest BCUT2D eigenvalue weighted by atomic mass is 10.5. The second-order valence-electron chi connectivity index (χ2n) is 3.28. The van der Waals surface area contributed by atoms with Gasteiger partial charge in [-0.15, -0.1) is 0 Å². The van der Waals surface area contributed by atoms with E-state index in [1.165, 1.54) is 0 Å². The van der Waals surface area contributed by atoms with Gasteiger partial charge in [-0.05, 0) is 34.3 Å². The molecule has 100 valence electrons. The third kappa shape index (κ3) is 7.73. The summed E-state index contributed by atoms with van der Waals surface area (Å²) in [5.74, 6) is -1.60. The molecular formula is C11H20O6. The van der Waals surface area contributed by atoms with Crippen LogP contribution in [0.1, 0.15) is 27.7 Å². The van der Waals surface area contributed by atoms with Gasteiger partial charge in [-0.2, -0.15) is 0 Å². The van der Waals surface area contributed by atoms with Crippen LogP contribution >= 0.6 is 0 Å². The SMILES string of the molecule is C=C(OC(C)OC(C)OC(C)OCC)C(=O)O. The molecule has 1 N–H and O–H groups in total. The van der Waals surface area contributed by atoms with Crippen LogP contribution in [0.3, 0.4) is 0 Å². The van der Waals surface area contributed by atoms with E-state index in [9.17, 15) is 4.79 Å². The molecule has 3 unspecified atom stereocenters. The lowest BCUT2D eigenvalue weighted by molar-refractivity contribution is -0.272. The Kier molecular flexibility index (Phi) is 7.53. The number of carbonyl (C=O) groups is 1. The minimum Gasteiger partial charge on any atom is -0.475 e. The summed E-state index contributed by atoms with van der Waals surface area (Å²) in [4.78, 5) is 10.5. The van der Waals surface area contributed by atoms with Crippen molar-refractivity contribution in [2.45, 2.75) is 46.6 Å². The zero-order chi connectivity index (χ0) is 13.4. The van der Waals surface area contributed by atoms with Gasteiger partial charge in [0.1, 0.15) is 0 Å². The molecule has 6 nitrogen and oxygen atoms in total. The zero-order valence-electron chi connectivity index (χ0n) is 10.6. The normalized spacial score (nSPS) is 16.0. The van der Waals surface area contributed by atoms with E-state index in [4.69, 9.17) is 24.1 Å². The second kappa shape index (κ2) is 8.05. The second-order valence-corrected chi connectivity index (χ2v) is 3.28. The van der Waals surface area contributed by atoms with Crippen LogP contribution in [0.4, 0.5) is 0 Å². The maximum Gasteiger partial charge on any atom is 0.370 e. The minimum atomic E-state index is -1.23. The molecule has 0 radical (unpaired) electrons. The number of ether oxygens (including phenoxy) is 4. The lowest BCUT2D eigenvalue weighted by Crippen LogP contribution is -2.27. The highest BCUT2D eigenvalue weighted by Crippen LogP contribution is 2.08. The fourth-order valence-corrected chi connectivity index (χ4v) is 1.12. The summed E-state index contributed by atoms with van der Waals surface area (Å²) in [6, 6.07) is 0. The molecule has 6 heteroatoms. The molecule has 3 atom stereocenters. The van der Waals surface area contributed by atoms with Crippen LogP contribution in [0.5, 0.6) is 0 Å². The van der Waals surface area contributed by atoms with E-state index in [1.807, 2.05) is 6.92 Å². The highest BCUT2D eigenvalue weighted by atomic mass is 16.8. The van der Waals surface area contributed by atoms with Gasteiger partial charge in [-0.25, -0.2) is 4.79 Å². The Balaban J connectivity index is 3.91. The molecule has 17 heavy (non-hydrogen) atoms. The van der Waals surface area contributed by atoms with E-state index in [0.29, 0.717) is 6.61 Å². The van der Waals surface area contributed by atoms with Crippen LogP contribution in [0.15, 0.2) is 12.3 Å². The largest absolute Gasteiger partial charge is 0.475 e. The average molecular weight is 248 g/mol. The van der Waals surface area contributed by atoms with Crippen LogP contribution in [0, 0.1) is 0 Å². The van der Waals surface area contributed by atoms with Gasteiger partial charge in [0, 0.05) is 6.61 Å². The highest BCUT2D eigenvalue weighted by Gasteiger charge is 2.15. The van der Waals surface area contributed by atoms with Crippen molar-refractivity contribution in [1.29, 1.82) is 0 Å². The molecule has 0 spiro atoms. The average Bonchev–Trinajstić information content (AvgIpc) is 2.16. The summed E-state index contributed by atoms with van der Waals surface area (Å²) in [5, 5.41) is 8.55. The third-order valence-electron chi connectivity index (χ3n) is 1.71. The van der Waals surface area contributed by atoms with Gasteiger partial charge in [0.15, 0.2) is 24.6 Å². The molecule has 0 fully saturated rings. The number of rotatable bonds is 9. The Morgan fingerprint density at radius 1 is 1.18 bits per heavy atom. The topological polar surface area (TPSA) is 74.2 Å². The Hall–Kier alpha value is -1.11. The molecular weight excluding hydrogens is 228 g/mol. The Bertz CT molecular complexity index is 252. The van der Waals surface area contributed by atoms with Crippen molar-refractivity contribution in [2.75, 3.05) is 6.61 Å². The van der Waals surface area contributed by atoms with Gasteiger partial charge in [0.25, 0.3) is 0 Å². The van der Waals surface area contributed by atoms with Gasteiger partial charge < -0.3 is 24.1 Å². The number of carboxylic acid groups (broad SMARTS) is 1. The first kappa shape index (κ1) is 15.9. The molecule has 0 bridgehead atoms. The number of carboxylic acids is 1. The number of hydrogen-bond acceptors (Lipinski definition) is 5. The van der Waals surface area contributed by atoms with Gasteiger partial charge in [0.05, 0.1) is 0 Å². The fraction of sp³-hybridized carbons (Fsp3) is 0.727. The lowest BCUT2D eigenvalue weighted by Gasteiger charge is -2.23. The summed E-state index contributed by atoms with van der Waals surface area (Å²) in [6.45, 7) is 10.6. The first-order valence-electron chi connectivity index (χ1n) is 5.38. The summed E-state index contributed by atoms with van der Waals surface area (Å²) < 4.78 is 20.6. The fourth-order valence-electron chi connectivity index (χ4n) is 1.12. The van der Waals surface area contributed by atoms with Crippen LogP contribution < -0.4 is 0 Å². The van der Waals surface area contributed by atoms with Crippen LogP contribution in [-0.4, -0.2) is 36.6 Å². The molecule has 0 aliphatic carbocycles. The van der Waals surface area contributed by atoms with E-state index in [0.717, 1.165) is 0 Å². The first-order valence-corrected chi connectivity index (χ1v) is 5.38. The van der Waals surface area contributed by atoms with Gasteiger partial charge >= 0.3 is 5.97 Å². The van der Waals surface area contributed by atoms with Crippen molar-refractivity contribution >= 4 is 5.97 Å². The smallest absolute Gasteiger partial charge is 0.370 e. The van der Waals surface area contributed by atoms with E-state index in [1.54, 1.807) is 20.8 Å². The van der Waals surface area contributed by atoms with E-state index in [-0.39, 0.29) is 5.76 Å². The summed E-state index contributed by atoms with van der Waals surface area (Å²) in [7, 11) is 0. The first-order chi connectivity index (χ1) is 7.86. The molecule has 0 amide bonds. The Morgan fingerprint density at radius 2 is 1.71 bits per heavy atom. The maximum atomic E-state index is 10.5. The molecule has 0 aliphatic rings. The predicted molar refractivity (Wildman–Crippen MR) is 60.0 cm³/mol. The van der Waals surface area contributed by atoms with Crippen LogP contribution in [0.2, 0.25) is 0 Å². The van der Waals surface area contributed by atoms with Gasteiger partial charge in [-0.3, -0.25) is 0 Å². The maximum absolute atomic E-state index is 10.5. The molecule has 0 saturated carbocycles. The molecule has 0 rings (SSSR count). The van der Waals surface area contributed by atoms with Crippen molar-refractivity contribution in [3.8, 4) is 0 Å². The quantitative estimate of drug-likeness (QED) is 0.380. The van der Waals surface area contributed by atoms with Crippen molar-refractivity contribution < 1.29 is 28.8 Å². The number of aliphatic carboxylic acids is 1. The molecule has 0 aromatic carbocycles. The monoisotopic (exact) mass is 248 g/mol. The molecule has 0 aromatic heterocycles. The van der Waals surface area contributed by atoms with E-state index < -0.39 is 24.8 Å². The molecule has 0 aromatic rings. The van der Waals surface area contributed by atoms with Crippen molar-refractivity contribution in [1.82, 2.24) is 0 Å². The Labute approximate surface area is 101 Å². The summed E-state index contributed by atoms with van der Waals surface area (Å²) in [5.41, 5.74) is 0. The molecule has 0 heterocycles. The van der Waals surface area contributed by atoms with Crippen LogP contribution in [-0.2, 0) is 23.7 Å². The predicted octanol–water partition coefficient (Wildman–Crippen LogP) is 1.71. The Morgan fingerprint density at radius 3 is 2.18 bits per heavy atom.